The van der Waals surface area contributed by atoms with E-state index in [9.17, 15) is 0 Å². The SMILES string of the molecule is C#Cc1ccc(CC2CCC(C(C(=C)CCc3ccccc3)c3ccc(C(=C)C(C)C)cc3)CC2)cc1. The van der Waals surface area contributed by atoms with E-state index in [1.165, 1.54) is 59.1 Å². The molecule has 3 aromatic carbocycles. The van der Waals surface area contributed by atoms with Gasteiger partial charge in [-0.05, 0) is 103 Å². The largest absolute Gasteiger partial charge is 0.115 e. The summed E-state index contributed by atoms with van der Waals surface area (Å²) in [6.45, 7) is 13.4. The zero-order valence-electron chi connectivity index (χ0n) is 22.8. The lowest BCUT2D eigenvalue weighted by atomic mass is 9.69. The Hall–Kier alpha value is -3.30. The molecule has 0 heteroatoms. The van der Waals surface area contributed by atoms with Crippen LogP contribution in [-0.2, 0) is 12.8 Å². The molecule has 4 rings (SSSR count). The number of benzene rings is 3. The fraction of sp³-hybridized carbons (Fsp3) is 0.351. The quantitative estimate of drug-likeness (QED) is 0.198. The van der Waals surface area contributed by atoms with Gasteiger partial charge in [0.1, 0.15) is 0 Å². The molecule has 0 saturated heterocycles. The summed E-state index contributed by atoms with van der Waals surface area (Å²) in [5.74, 6) is 5.01. The van der Waals surface area contributed by atoms with Crippen molar-refractivity contribution in [1.29, 1.82) is 0 Å². The first-order chi connectivity index (χ1) is 17.9. The van der Waals surface area contributed by atoms with Crippen molar-refractivity contribution < 1.29 is 0 Å². The first-order valence-corrected chi connectivity index (χ1v) is 14.0. The summed E-state index contributed by atoms with van der Waals surface area (Å²) in [6.07, 6.45) is 13.9. The molecule has 1 aliphatic carbocycles. The lowest BCUT2D eigenvalue weighted by molar-refractivity contribution is 0.252. The van der Waals surface area contributed by atoms with Gasteiger partial charge in [0.15, 0.2) is 0 Å². The molecule has 37 heavy (non-hydrogen) atoms. The Labute approximate surface area is 225 Å². The van der Waals surface area contributed by atoms with E-state index >= 15 is 0 Å². The third-order valence-electron chi connectivity index (χ3n) is 8.36. The molecule has 0 N–H and O–H groups in total. The summed E-state index contributed by atoms with van der Waals surface area (Å²) >= 11 is 0. The van der Waals surface area contributed by atoms with Crippen LogP contribution in [0, 0.1) is 30.1 Å². The van der Waals surface area contributed by atoms with Gasteiger partial charge in [0.2, 0.25) is 0 Å². The fourth-order valence-electron chi connectivity index (χ4n) is 5.98. The molecular weight excluding hydrogens is 444 g/mol. The lowest BCUT2D eigenvalue weighted by Gasteiger charge is -2.36. The van der Waals surface area contributed by atoms with E-state index in [-0.39, 0.29) is 0 Å². The summed E-state index contributed by atoms with van der Waals surface area (Å²) in [4.78, 5) is 0. The number of hydrogen-bond donors (Lipinski definition) is 0. The summed E-state index contributed by atoms with van der Waals surface area (Å²) in [6, 6.07) is 28.7. The van der Waals surface area contributed by atoms with E-state index in [4.69, 9.17) is 6.42 Å². The maximum atomic E-state index is 5.53. The highest BCUT2D eigenvalue weighted by Gasteiger charge is 2.30. The minimum absolute atomic E-state index is 0.418. The van der Waals surface area contributed by atoms with Crippen LogP contribution >= 0.6 is 0 Å². The smallest absolute Gasteiger partial charge is 0.0242 e. The normalized spacial score (nSPS) is 18.2. The highest BCUT2D eigenvalue weighted by molar-refractivity contribution is 5.65. The van der Waals surface area contributed by atoms with Crippen molar-refractivity contribution in [2.75, 3.05) is 0 Å². The van der Waals surface area contributed by atoms with Crippen molar-refractivity contribution >= 4 is 5.57 Å². The second kappa shape index (κ2) is 12.8. The summed E-state index contributed by atoms with van der Waals surface area (Å²) in [7, 11) is 0. The molecule has 3 aromatic rings. The number of terminal acetylenes is 1. The van der Waals surface area contributed by atoms with Crippen molar-refractivity contribution in [3.63, 3.8) is 0 Å². The van der Waals surface area contributed by atoms with Gasteiger partial charge < -0.3 is 0 Å². The summed E-state index contributed by atoms with van der Waals surface area (Å²) in [5, 5.41) is 0. The van der Waals surface area contributed by atoms with E-state index in [1.807, 2.05) is 0 Å². The molecule has 0 amide bonds. The Bertz CT molecular complexity index is 1190. The van der Waals surface area contributed by atoms with E-state index < -0.39 is 0 Å². The van der Waals surface area contributed by atoms with Gasteiger partial charge in [-0.15, -0.1) is 6.42 Å². The summed E-state index contributed by atoms with van der Waals surface area (Å²) < 4.78 is 0. The zero-order valence-corrected chi connectivity index (χ0v) is 22.8. The molecule has 0 spiro atoms. The van der Waals surface area contributed by atoms with Crippen LogP contribution in [0.3, 0.4) is 0 Å². The van der Waals surface area contributed by atoms with Gasteiger partial charge in [-0.2, -0.15) is 0 Å². The van der Waals surface area contributed by atoms with Crippen LogP contribution < -0.4 is 0 Å². The second-order valence-corrected chi connectivity index (χ2v) is 11.2. The molecule has 1 unspecified atom stereocenters. The van der Waals surface area contributed by atoms with Crippen LogP contribution in [0.1, 0.15) is 79.7 Å². The Balaban J connectivity index is 1.46. The number of allylic oxidation sites excluding steroid dienone is 2. The molecule has 0 nitrogen and oxygen atoms in total. The fourth-order valence-corrected chi connectivity index (χ4v) is 5.98. The first kappa shape index (κ1) is 26.8. The van der Waals surface area contributed by atoms with Crippen LogP contribution in [0.2, 0.25) is 0 Å². The van der Waals surface area contributed by atoms with E-state index in [0.29, 0.717) is 17.8 Å². The van der Waals surface area contributed by atoms with E-state index in [0.717, 1.165) is 30.7 Å². The minimum Gasteiger partial charge on any atom is -0.115 e. The predicted molar refractivity (Wildman–Crippen MR) is 160 cm³/mol. The standard InChI is InChI=1S/C37H42/c1-6-30-14-16-32(17-15-30)26-33-18-20-35(21-19-33)37(28(4)12-13-31-10-8-7-9-11-31)36-24-22-34(23-25-36)29(5)27(2)3/h1,7-11,14-17,22-25,27,33,35,37H,4-5,12-13,18-21,26H2,2-3H3. The van der Waals surface area contributed by atoms with Crippen molar-refractivity contribution in [2.24, 2.45) is 17.8 Å². The molecule has 1 saturated carbocycles. The maximum Gasteiger partial charge on any atom is 0.0242 e. The Morgan fingerprint density at radius 2 is 1.49 bits per heavy atom. The molecule has 1 atom stereocenters. The van der Waals surface area contributed by atoms with Crippen molar-refractivity contribution in [1.82, 2.24) is 0 Å². The monoisotopic (exact) mass is 486 g/mol. The average molecular weight is 487 g/mol. The highest BCUT2D eigenvalue weighted by atomic mass is 14.3. The molecule has 0 aromatic heterocycles. The molecule has 0 heterocycles. The number of hydrogen-bond acceptors (Lipinski definition) is 0. The molecule has 0 aliphatic heterocycles. The average Bonchev–Trinajstić information content (AvgIpc) is 2.94. The first-order valence-electron chi connectivity index (χ1n) is 14.0. The molecule has 1 fully saturated rings. The predicted octanol–water partition coefficient (Wildman–Crippen LogP) is 9.66. The van der Waals surface area contributed by atoms with Gasteiger partial charge in [0.25, 0.3) is 0 Å². The maximum absolute atomic E-state index is 5.53. The lowest BCUT2D eigenvalue weighted by Crippen LogP contribution is -2.23. The van der Waals surface area contributed by atoms with Gasteiger partial charge in [-0.3, -0.25) is 0 Å². The van der Waals surface area contributed by atoms with E-state index in [1.54, 1.807) is 0 Å². The Morgan fingerprint density at radius 3 is 2.08 bits per heavy atom. The molecule has 0 radical (unpaired) electrons. The van der Waals surface area contributed by atoms with Crippen LogP contribution in [-0.4, -0.2) is 0 Å². The van der Waals surface area contributed by atoms with Crippen molar-refractivity contribution in [2.45, 2.75) is 64.7 Å². The topological polar surface area (TPSA) is 0 Å². The third kappa shape index (κ3) is 7.14. The van der Waals surface area contributed by atoms with Gasteiger partial charge >= 0.3 is 0 Å². The summed E-state index contributed by atoms with van der Waals surface area (Å²) in [5.41, 5.74) is 9.04. The zero-order chi connectivity index (χ0) is 26.2. The van der Waals surface area contributed by atoms with Gasteiger partial charge in [0, 0.05) is 11.5 Å². The van der Waals surface area contributed by atoms with Crippen LogP contribution in [0.25, 0.3) is 5.57 Å². The van der Waals surface area contributed by atoms with E-state index in [2.05, 4.69) is 112 Å². The molecular formula is C37H42. The number of aryl methyl sites for hydroxylation is 1. The van der Waals surface area contributed by atoms with Crippen molar-refractivity contribution in [3.8, 4) is 12.3 Å². The third-order valence-corrected chi connectivity index (χ3v) is 8.36. The van der Waals surface area contributed by atoms with Gasteiger partial charge in [-0.1, -0.05) is 105 Å². The Morgan fingerprint density at radius 1 is 0.838 bits per heavy atom. The molecule has 0 bridgehead atoms. The van der Waals surface area contributed by atoms with Crippen LogP contribution in [0.15, 0.2) is 97.6 Å². The van der Waals surface area contributed by atoms with Crippen LogP contribution in [0.5, 0.6) is 0 Å². The second-order valence-electron chi connectivity index (χ2n) is 11.2. The van der Waals surface area contributed by atoms with Crippen molar-refractivity contribution in [3.05, 3.63) is 125 Å². The molecule has 190 valence electrons. The van der Waals surface area contributed by atoms with Gasteiger partial charge in [-0.25, -0.2) is 0 Å². The highest BCUT2D eigenvalue weighted by Crippen LogP contribution is 2.43. The molecule has 1 aliphatic rings. The Kier molecular flexibility index (Phi) is 9.24. The van der Waals surface area contributed by atoms with Crippen LogP contribution in [0.4, 0.5) is 0 Å². The number of rotatable bonds is 10. The van der Waals surface area contributed by atoms with Gasteiger partial charge in [0.05, 0.1) is 0 Å². The minimum atomic E-state index is 0.418.